The molecule has 0 radical (unpaired) electrons. The molecule has 0 aromatic rings. The fourth-order valence-electron chi connectivity index (χ4n) is 1.78. The van der Waals surface area contributed by atoms with Crippen LogP contribution in [0, 0.1) is 0 Å². The number of hydrogen-bond acceptors (Lipinski definition) is 4. The minimum Gasteiger partial charge on any atom is -0.444 e. The first-order valence-electron chi connectivity index (χ1n) is 6.43. The lowest BCUT2D eigenvalue weighted by molar-refractivity contribution is -0.177. The zero-order valence-corrected chi connectivity index (χ0v) is 11.9. The standard InChI is InChI=1S/C12H21F3N2O3/c1-11(2,3)20-10(18)17-5-4-16-6-9(17)7-19-8-12(13,14)15/h9,16H,4-8H2,1-3H3. The molecule has 0 aliphatic carbocycles. The Labute approximate surface area is 116 Å². The fraction of sp³-hybridized carbons (Fsp3) is 0.917. The maximum Gasteiger partial charge on any atom is 0.411 e. The minimum atomic E-state index is -4.36. The quantitative estimate of drug-likeness (QED) is 0.863. The lowest BCUT2D eigenvalue weighted by Crippen LogP contribution is -2.56. The van der Waals surface area contributed by atoms with E-state index in [2.05, 4.69) is 10.1 Å². The van der Waals surface area contributed by atoms with Crippen LogP contribution in [0.25, 0.3) is 0 Å². The van der Waals surface area contributed by atoms with Gasteiger partial charge in [-0.2, -0.15) is 13.2 Å². The normalized spacial score (nSPS) is 20.9. The van der Waals surface area contributed by atoms with E-state index in [0.717, 1.165) is 0 Å². The second kappa shape index (κ2) is 6.62. The Morgan fingerprint density at radius 2 is 2.00 bits per heavy atom. The summed E-state index contributed by atoms with van der Waals surface area (Å²) in [5.41, 5.74) is -0.640. The van der Waals surface area contributed by atoms with Crippen LogP contribution in [0.1, 0.15) is 20.8 Å². The van der Waals surface area contributed by atoms with Crippen molar-refractivity contribution < 1.29 is 27.4 Å². The third-order valence-electron chi connectivity index (χ3n) is 2.55. The van der Waals surface area contributed by atoms with E-state index < -0.39 is 30.5 Å². The van der Waals surface area contributed by atoms with Gasteiger partial charge in [0.15, 0.2) is 0 Å². The molecule has 1 aliphatic rings. The van der Waals surface area contributed by atoms with Crippen LogP contribution in [0.2, 0.25) is 0 Å². The Hall–Kier alpha value is -1.02. The average Bonchev–Trinajstić information content (AvgIpc) is 2.25. The predicted octanol–water partition coefficient (Wildman–Crippen LogP) is 1.77. The molecule has 1 aliphatic heterocycles. The first-order valence-corrected chi connectivity index (χ1v) is 6.43. The van der Waals surface area contributed by atoms with Crippen LogP contribution in [-0.2, 0) is 9.47 Å². The second-order valence-corrected chi connectivity index (χ2v) is 5.66. The van der Waals surface area contributed by atoms with E-state index in [0.29, 0.717) is 19.6 Å². The van der Waals surface area contributed by atoms with Crippen LogP contribution in [0.4, 0.5) is 18.0 Å². The Morgan fingerprint density at radius 1 is 1.35 bits per heavy atom. The summed E-state index contributed by atoms with van der Waals surface area (Å²) < 4.78 is 46.0. The van der Waals surface area contributed by atoms with Crippen LogP contribution < -0.4 is 5.32 Å². The van der Waals surface area contributed by atoms with Crippen molar-refractivity contribution in [3.63, 3.8) is 0 Å². The van der Waals surface area contributed by atoms with Crippen molar-refractivity contribution in [3.8, 4) is 0 Å². The van der Waals surface area contributed by atoms with E-state index >= 15 is 0 Å². The first-order chi connectivity index (χ1) is 9.08. The molecule has 0 spiro atoms. The number of carbonyl (C=O) groups excluding carboxylic acids is 1. The summed E-state index contributed by atoms with van der Waals surface area (Å²) in [6.45, 7) is 5.07. The molecule has 0 saturated carbocycles. The van der Waals surface area contributed by atoms with E-state index in [9.17, 15) is 18.0 Å². The highest BCUT2D eigenvalue weighted by atomic mass is 19.4. The van der Waals surface area contributed by atoms with E-state index in [1.165, 1.54) is 4.90 Å². The second-order valence-electron chi connectivity index (χ2n) is 5.66. The molecule has 0 aromatic heterocycles. The summed E-state index contributed by atoms with van der Waals surface area (Å²) in [5, 5.41) is 3.02. The lowest BCUT2D eigenvalue weighted by atomic mass is 10.2. The molecular formula is C12H21F3N2O3. The zero-order valence-electron chi connectivity index (χ0n) is 11.9. The monoisotopic (exact) mass is 298 g/mol. The van der Waals surface area contributed by atoms with Crippen molar-refractivity contribution >= 4 is 6.09 Å². The molecule has 1 fully saturated rings. The number of nitrogens with zero attached hydrogens (tertiary/aromatic N) is 1. The SMILES string of the molecule is CC(C)(C)OC(=O)N1CCNCC1COCC(F)(F)F. The topological polar surface area (TPSA) is 50.8 Å². The van der Waals surface area contributed by atoms with Gasteiger partial charge in [0.25, 0.3) is 0 Å². The van der Waals surface area contributed by atoms with Crippen LogP contribution >= 0.6 is 0 Å². The minimum absolute atomic E-state index is 0.175. The summed E-state index contributed by atoms with van der Waals surface area (Å²) in [6.07, 6.45) is -4.89. The fourth-order valence-corrected chi connectivity index (χ4v) is 1.78. The van der Waals surface area contributed by atoms with Crippen molar-refractivity contribution in [1.29, 1.82) is 0 Å². The Bertz CT molecular complexity index is 329. The van der Waals surface area contributed by atoms with Gasteiger partial charge in [0, 0.05) is 19.6 Å². The Balaban J connectivity index is 2.51. The first kappa shape index (κ1) is 17.0. The summed E-state index contributed by atoms with van der Waals surface area (Å²) in [4.78, 5) is 13.4. The molecule has 1 heterocycles. The molecule has 8 heteroatoms. The summed E-state index contributed by atoms with van der Waals surface area (Å²) in [5.74, 6) is 0. The van der Waals surface area contributed by atoms with Gasteiger partial charge in [0.2, 0.25) is 0 Å². The van der Waals surface area contributed by atoms with Gasteiger partial charge in [0.05, 0.1) is 12.6 Å². The Morgan fingerprint density at radius 3 is 2.55 bits per heavy atom. The van der Waals surface area contributed by atoms with Gasteiger partial charge in [-0.3, -0.25) is 0 Å². The van der Waals surface area contributed by atoms with E-state index in [1.807, 2.05) is 0 Å². The molecule has 1 atom stereocenters. The van der Waals surface area contributed by atoms with Gasteiger partial charge in [-0.15, -0.1) is 0 Å². The van der Waals surface area contributed by atoms with Crippen molar-refractivity contribution in [2.24, 2.45) is 0 Å². The van der Waals surface area contributed by atoms with E-state index in [1.54, 1.807) is 20.8 Å². The molecule has 1 unspecified atom stereocenters. The predicted molar refractivity (Wildman–Crippen MR) is 66.5 cm³/mol. The molecular weight excluding hydrogens is 277 g/mol. The third-order valence-corrected chi connectivity index (χ3v) is 2.55. The zero-order chi connectivity index (χ0) is 15.4. The highest BCUT2D eigenvalue weighted by molar-refractivity contribution is 5.68. The summed E-state index contributed by atoms with van der Waals surface area (Å²) >= 11 is 0. The van der Waals surface area contributed by atoms with Crippen LogP contribution in [-0.4, -0.2) is 61.7 Å². The van der Waals surface area contributed by atoms with Crippen molar-refractivity contribution in [2.45, 2.75) is 38.6 Å². The molecule has 1 rings (SSSR count). The lowest BCUT2D eigenvalue weighted by Gasteiger charge is -2.36. The largest absolute Gasteiger partial charge is 0.444 e. The van der Waals surface area contributed by atoms with Crippen molar-refractivity contribution in [2.75, 3.05) is 32.8 Å². The maximum atomic E-state index is 12.0. The number of nitrogens with one attached hydrogen (secondary N) is 1. The van der Waals surface area contributed by atoms with Crippen LogP contribution in [0.15, 0.2) is 0 Å². The number of piperazine rings is 1. The number of ether oxygens (including phenoxy) is 2. The molecule has 5 nitrogen and oxygen atoms in total. The van der Waals surface area contributed by atoms with Gasteiger partial charge in [-0.05, 0) is 20.8 Å². The number of amides is 1. The van der Waals surface area contributed by atoms with Crippen LogP contribution in [0.3, 0.4) is 0 Å². The van der Waals surface area contributed by atoms with Gasteiger partial charge >= 0.3 is 12.3 Å². The van der Waals surface area contributed by atoms with Gasteiger partial charge in [-0.25, -0.2) is 4.79 Å². The van der Waals surface area contributed by atoms with Crippen LogP contribution in [0.5, 0.6) is 0 Å². The molecule has 118 valence electrons. The van der Waals surface area contributed by atoms with E-state index in [4.69, 9.17) is 4.74 Å². The Kier molecular flexibility index (Phi) is 5.64. The molecule has 0 bridgehead atoms. The average molecular weight is 298 g/mol. The maximum absolute atomic E-state index is 12.0. The molecule has 1 saturated heterocycles. The highest BCUT2D eigenvalue weighted by Gasteiger charge is 2.32. The van der Waals surface area contributed by atoms with Gasteiger partial charge < -0.3 is 19.7 Å². The molecule has 0 aromatic carbocycles. The summed E-state index contributed by atoms with van der Waals surface area (Å²) in [7, 11) is 0. The number of alkyl halides is 3. The van der Waals surface area contributed by atoms with Crippen molar-refractivity contribution in [3.05, 3.63) is 0 Å². The van der Waals surface area contributed by atoms with Crippen molar-refractivity contribution in [1.82, 2.24) is 10.2 Å². The number of hydrogen-bond donors (Lipinski definition) is 1. The molecule has 1 amide bonds. The van der Waals surface area contributed by atoms with Gasteiger partial charge in [-0.1, -0.05) is 0 Å². The number of halogens is 3. The number of rotatable bonds is 3. The van der Waals surface area contributed by atoms with E-state index in [-0.39, 0.29) is 6.61 Å². The number of carbonyl (C=O) groups is 1. The third kappa shape index (κ3) is 6.42. The molecule has 20 heavy (non-hydrogen) atoms. The van der Waals surface area contributed by atoms with Gasteiger partial charge in [0.1, 0.15) is 12.2 Å². The highest BCUT2D eigenvalue weighted by Crippen LogP contribution is 2.16. The smallest absolute Gasteiger partial charge is 0.411 e. The summed E-state index contributed by atoms with van der Waals surface area (Å²) in [6, 6.07) is -0.457. The molecule has 1 N–H and O–H groups in total.